The maximum Gasteiger partial charge on any atom is 0.412 e. The molecule has 1 heterocycles. The van der Waals surface area contributed by atoms with Gasteiger partial charge in [-0.25, -0.2) is 9.48 Å². The van der Waals surface area contributed by atoms with Gasteiger partial charge in [-0.3, -0.25) is 14.5 Å². The van der Waals surface area contributed by atoms with Crippen LogP contribution in [-0.4, -0.2) is 40.2 Å². The number of aliphatic carboxylic acids is 1. The van der Waals surface area contributed by atoms with Gasteiger partial charge in [0.15, 0.2) is 5.69 Å². The minimum Gasteiger partial charge on any atom is -0.481 e. The van der Waals surface area contributed by atoms with Crippen LogP contribution in [-0.2, 0) is 14.9 Å². The van der Waals surface area contributed by atoms with Crippen molar-refractivity contribution in [1.82, 2.24) is 9.78 Å². The van der Waals surface area contributed by atoms with Crippen LogP contribution in [0.25, 0.3) is 5.69 Å². The lowest BCUT2D eigenvalue weighted by Gasteiger charge is -2.40. The molecule has 17 heteroatoms. The molecule has 0 saturated heterocycles. The van der Waals surface area contributed by atoms with Crippen molar-refractivity contribution < 1.29 is 43.3 Å². The molecule has 2 saturated carbocycles. The average molecular weight is 593 g/mol. The van der Waals surface area contributed by atoms with Crippen LogP contribution in [0.1, 0.15) is 36.9 Å². The summed E-state index contributed by atoms with van der Waals surface area (Å²) >= 11 is 11.8. The van der Waals surface area contributed by atoms with Gasteiger partial charge in [0.25, 0.3) is 0 Å². The van der Waals surface area contributed by atoms with E-state index in [-0.39, 0.29) is 37.1 Å². The van der Waals surface area contributed by atoms with Crippen molar-refractivity contribution in [3.05, 3.63) is 33.4 Å². The number of amides is 1. The molecule has 0 aliphatic heterocycles. The van der Waals surface area contributed by atoms with Gasteiger partial charge in [-0.2, -0.15) is 10.4 Å². The highest BCUT2D eigenvalue weighted by Crippen LogP contribution is 3.02. The summed E-state index contributed by atoms with van der Waals surface area (Å²) in [6, 6.07) is 1.45. The smallest absolute Gasteiger partial charge is 0.412 e. The Balaban J connectivity index is 1.86. The number of nitrogens with one attached hydrogen (secondary N) is 1. The Morgan fingerprint density at radius 3 is 2.14 bits per heavy atom. The van der Waals surface area contributed by atoms with Crippen molar-refractivity contribution in [2.24, 2.45) is 5.41 Å². The predicted molar refractivity (Wildman–Crippen MR) is 121 cm³/mol. The highest BCUT2D eigenvalue weighted by molar-refractivity contribution is 8.45. The second-order valence-corrected chi connectivity index (χ2v) is 12.2. The fourth-order valence-electron chi connectivity index (χ4n) is 3.73. The van der Waals surface area contributed by atoms with Gasteiger partial charge >= 0.3 is 22.3 Å². The maximum absolute atomic E-state index is 13.3. The van der Waals surface area contributed by atoms with E-state index in [1.807, 2.05) is 0 Å². The summed E-state index contributed by atoms with van der Waals surface area (Å²) < 4.78 is 85.4. The fourth-order valence-corrected chi connectivity index (χ4v) is 5.19. The fraction of sp³-hybridized carbons (Fsp3) is 0.400. The number of carbonyl (C=O) groups excluding carboxylic acids is 1. The van der Waals surface area contributed by atoms with E-state index in [0.29, 0.717) is 17.5 Å². The van der Waals surface area contributed by atoms with Crippen LogP contribution >= 0.6 is 33.4 Å². The Morgan fingerprint density at radius 1 is 1.16 bits per heavy atom. The zero-order valence-corrected chi connectivity index (χ0v) is 20.7. The molecule has 2 aromatic rings. The number of hydrogen-bond donors (Lipinski definition) is 2. The van der Waals surface area contributed by atoms with Crippen LogP contribution in [0.3, 0.4) is 0 Å². The number of carbonyl (C=O) groups is 2. The summed E-state index contributed by atoms with van der Waals surface area (Å²) in [5.74, 6) is -1.92. The van der Waals surface area contributed by atoms with Gasteiger partial charge in [0.1, 0.15) is 29.1 Å². The number of carboxylic acids is 1. The average Bonchev–Trinajstić information content (AvgIpc) is 3.69. The van der Waals surface area contributed by atoms with E-state index in [4.69, 9.17) is 27.9 Å². The van der Waals surface area contributed by atoms with Crippen LogP contribution < -0.4 is 5.32 Å². The summed E-state index contributed by atoms with van der Waals surface area (Å²) in [5.41, 5.74) is -4.02. The standard InChI is InChI=1S/C20H16Cl2F6N4O4S/c21-11-5-10(37(24,25,26,27)28)6-12(22)15(11)32-16(30-18(35)36-9-19(8-23)1-2-19)14(13(7-29)31-32)20(3-4-20)17(33)34/h5-6H,1-4,8-9H2,(H,30,35)(H,33,34). The van der Waals surface area contributed by atoms with Crippen LogP contribution in [0.5, 0.6) is 0 Å². The minimum atomic E-state index is -10.2. The topological polar surface area (TPSA) is 117 Å². The minimum absolute atomic E-state index is 0.0159. The lowest BCUT2D eigenvalue weighted by atomic mass is 9.95. The number of hydrogen-bond acceptors (Lipinski definition) is 5. The molecule has 0 atom stereocenters. The first-order valence-electron chi connectivity index (χ1n) is 10.4. The monoisotopic (exact) mass is 592 g/mol. The molecule has 1 aromatic carbocycles. The van der Waals surface area contributed by atoms with Gasteiger partial charge < -0.3 is 9.84 Å². The van der Waals surface area contributed by atoms with Crippen LogP contribution in [0.15, 0.2) is 17.0 Å². The quantitative estimate of drug-likeness (QED) is 0.315. The summed E-state index contributed by atoms with van der Waals surface area (Å²) in [5, 5.41) is 23.5. The first-order valence-corrected chi connectivity index (χ1v) is 13.1. The lowest BCUT2D eigenvalue weighted by molar-refractivity contribution is -0.140. The molecule has 1 aromatic heterocycles. The van der Waals surface area contributed by atoms with E-state index < -0.39 is 71.9 Å². The lowest BCUT2D eigenvalue weighted by Crippen LogP contribution is -2.26. The first-order chi connectivity index (χ1) is 16.9. The van der Waals surface area contributed by atoms with Crippen LogP contribution in [0.4, 0.5) is 34.4 Å². The molecule has 1 amide bonds. The van der Waals surface area contributed by atoms with Gasteiger partial charge in [-0.15, -0.1) is 0 Å². The number of nitrogens with zero attached hydrogens (tertiary/aromatic N) is 3. The number of aromatic nitrogens is 2. The molecule has 4 rings (SSSR count). The summed E-state index contributed by atoms with van der Waals surface area (Å²) in [6.45, 7) is -1.08. The van der Waals surface area contributed by atoms with Gasteiger partial charge in [0, 0.05) is 5.41 Å². The summed E-state index contributed by atoms with van der Waals surface area (Å²) in [6.07, 6.45) is -0.262. The van der Waals surface area contributed by atoms with Crippen molar-refractivity contribution in [1.29, 1.82) is 5.26 Å². The highest BCUT2D eigenvalue weighted by atomic mass is 35.5. The third kappa shape index (κ3) is 5.01. The van der Waals surface area contributed by atoms with E-state index in [1.54, 1.807) is 6.07 Å². The van der Waals surface area contributed by atoms with Crippen LogP contribution in [0, 0.1) is 16.7 Å². The van der Waals surface area contributed by atoms with Gasteiger partial charge in [0.2, 0.25) is 0 Å². The molecule has 37 heavy (non-hydrogen) atoms. The van der Waals surface area contributed by atoms with E-state index in [1.165, 1.54) is 0 Å². The number of benzene rings is 1. The van der Waals surface area contributed by atoms with E-state index in [2.05, 4.69) is 10.4 Å². The number of nitriles is 1. The second kappa shape index (κ2) is 7.84. The molecular weight excluding hydrogens is 577 g/mol. The Kier molecular flexibility index (Phi) is 5.77. The molecule has 202 valence electrons. The Hall–Kier alpha value is -2.83. The molecule has 8 nitrogen and oxygen atoms in total. The molecule has 0 unspecified atom stereocenters. The number of ether oxygens (including phenoxy) is 1. The number of anilines is 1. The van der Waals surface area contributed by atoms with E-state index in [0.717, 1.165) is 0 Å². The van der Waals surface area contributed by atoms with Gasteiger partial charge in [-0.1, -0.05) is 42.6 Å². The Morgan fingerprint density at radius 2 is 1.73 bits per heavy atom. The molecular formula is C20H16Cl2F6N4O4S. The molecule has 2 aliphatic rings. The van der Waals surface area contributed by atoms with Crippen molar-refractivity contribution in [3.63, 3.8) is 0 Å². The number of halogens is 8. The third-order valence-electron chi connectivity index (χ3n) is 6.25. The zero-order chi connectivity index (χ0) is 27.7. The largest absolute Gasteiger partial charge is 0.481 e. The summed E-state index contributed by atoms with van der Waals surface area (Å²) in [4.78, 5) is 22.2. The molecule has 0 radical (unpaired) electrons. The van der Waals surface area contributed by atoms with Crippen LogP contribution in [0.2, 0.25) is 10.0 Å². The maximum atomic E-state index is 13.3. The van der Waals surface area contributed by atoms with Crippen molar-refractivity contribution in [2.45, 2.75) is 36.0 Å². The van der Waals surface area contributed by atoms with E-state index in [9.17, 15) is 43.8 Å². The normalized spacial score (nSPS) is 19.2. The third-order valence-corrected chi connectivity index (χ3v) is 7.95. The molecule has 2 N–H and O–H groups in total. The predicted octanol–water partition coefficient (Wildman–Crippen LogP) is 7.12. The summed E-state index contributed by atoms with van der Waals surface area (Å²) in [7, 11) is -10.2. The number of carboxylic acid groups (broad SMARTS) is 1. The molecule has 0 bridgehead atoms. The van der Waals surface area contributed by atoms with Crippen molar-refractivity contribution in [2.75, 3.05) is 18.6 Å². The van der Waals surface area contributed by atoms with Crippen molar-refractivity contribution in [3.8, 4) is 11.8 Å². The molecule has 2 aliphatic carbocycles. The Labute approximate surface area is 214 Å². The van der Waals surface area contributed by atoms with Gasteiger partial charge in [-0.05, 0) is 37.8 Å². The zero-order valence-electron chi connectivity index (χ0n) is 18.3. The molecule has 2 fully saturated rings. The van der Waals surface area contributed by atoms with Crippen molar-refractivity contribution >= 4 is 51.3 Å². The SMILES string of the molecule is N#Cc1nn(-c2c(Cl)cc(S(F)(F)(F)(F)F)cc2Cl)c(NC(=O)OCC2(CF)CC2)c1C1(C(=O)O)CC1. The first kappa shape index (κ1) is 27.2. The number of rotatable bonds is 8. The molecule has 0 spiro atoms. The van der Waals surface area contributed by atoms with Gasteiger partial charge in [0.05, 0.1) is 27.7 Å². The van der Waals surface area contributed by atoms with E-state index >= 15 is 0 Å². The highest BCUT2D eigenvalue weighted by Gasteiger charge is 2.66. The Bertz CT molecular complexity index is 1360. The number of alkyl halides is 1. The second-order valence-electron chi connectivity index (χ2n) is 9.02.